The third kappa shape index (κ3) is 2.55. The molecule has 1 saturated heterocycles. The maximum atomic E-state index is 11.5. The van der Waals surface area contributed by atoms with E-state index < -0.39 is 0 Å². The molecular weight excluding hydrogens is 224 g/mol. The van der Waals surface area contributed by atoms with Crippen LogP contribution in [0.5, 0.6) is 0 Å². The molecule has 0 aromatic carbocycles. The highest BCUT2D eigenvalue weighted by atomic mass is 16.6. The van der Waals surface area contributed by atoms with Crippen molar-refractivity contribution in [2.45, 2.75) is 26.0 Å². The van der Waals surface area contributed by atoms with Crippen LogP contribution in [0.3, 0.4) is 0 Å². The second kappa shape index (κ2) is 5.13. The van der Waals surface area contributed by atoms with Crippen LogP contribution < -0.4 is 0 Å². The number of amides is 1. The van der Waals surface area contributed by atoms with Crippen molar-refractivity contribution >= 4 is 6.09 Å². The molecule has 1 aromatic heterocycles. The predicted octanol–water partition coefficient (Wildman–Crippen LogP) is 0.174. The first-order chi connectivity index (χ1) is 8.24. The van der Waals surface area contributed by atoms with Crippen LogP contribution in [0.15, 0.2) is 6.20 Å². The minimum atomic E-state index is -0.280. The average Bonchev–Trinajstić information content (AvgIpc) is 2.98. The van der Waals surface area contributed by atoms with Crippen molar-refractivity contribution in [1.29, 1.82) is 0 Å². The van der Waals surface area contributed by atoms with Crippen LogP contribution in [-0.4, -0.2) is 50.8 Å². The third-order valence-electron chi connectivity index (χ3n) is 2.78. The van der Waals surface area contributed by atoms with E-state index in [1.165, 1.54) is 0 Å². The first-order valence-electron chi connectivity index (χ1n) is 5.68. The summed E-state index contributed by atoms with van der Waals surface area (Å²) in [6.07, 6.45) is 2.25. The summed E-state index contributed by atoms with van der Waals surface area (Å²) in [7, 11) is 0. The molecule has 0 spiro atoms. The van der Waals surface area contributed by atoms with Gasteiger partial charge in [0.25, 0.3) is 0 Å². The molecule has 94 valence electrons. The monoisotopic (exact) mass is 240 g/mol. The summed E-state index contributed by atoms with van der Waals surface area (Å²) >= 11 is 0. The second-order valence-electron chi connectivity index (χ2n) is 3.94. The Morgan fingerprint density at radius 3 is 3.18 bits per heavy atom. The summed E-state index contributed by atoms with van der Waals surface area (Å²) in [5.74, 6) is 0. The van der Waals surface area contributed by atoms with Gasteiger partial charge in [0.2, 0.25) is 0 Å². The number of likely N-dealkylation sites (tertiary alicyclic amines) is 1. The molecule has 7 nitrogen and oxygen atoms in total. The quantitative estimate of drug-likeness (QED) is 0.814. The smallest absolute Gasteiger partial charge is 0.409 e. The fraction of sp³-hybridized carbons (Fsp3) is 0.700. The van der Waals surface area contributed by atoms with Gasteiger partial charge in [0.15, 0.2) is 0 Å². The van der Waals surface area contributed by atoms with Gasteiger partial charge >= 0.3 is 6.09 Å². The van der Waals surface area contributed by atoms with Gasteiger partial charge < -0.3 is 14.7 Å². The van der Waals surface area contributed by atoms with Gasteiger partial charge in [-0.2, -0.15) is 0 Å². The lowest BCUT2D eigenvalue weighted by molar-refractivity contribution is 0.114. The SMILES string of the molecule is CCOC(=O)N1CCC(n2cc(CO)nn2)C1. The van der Waals surface area contributed by atoms with Crippen molar-refractivity contribution in [2.24, 2.45) is 0 Å². The van der Waals surface area contributed by atoms with Crippen LogP contribution in [0, 0.1) is 0 Å². The van der Waals surface area contributed by atoms with E-state index in [2.05, 4.69) is 10.3 Å². The van der Waals surface area contributed by atoms with Crippen LogP contribution in [0.25, 0.3) is 0 Å². The van der Waals surface area contributed by atoms with Gasteiger partial charge in [0, 0.05) is 13.1 Å². The number of nitrogens with zero attached hydrogens (tertiary/aromatic N) is 4. The minimum absolute atomic E-state index is 0.117. The van der Waals surface area contributed by atoms with Crippen molar-refractivity contribution < 1.29 is 14.6 Å². The Kier molecular flexibility index (Phi) is 3.58. The van der Waals surface area contributed by atoms with Crippen LogP contribution in [0.2, 0.25) is 0 Å². The molecule has 1 aliphatic rings. The second-order valence-corrected chi connectivity index (χ2v) is 3.94. The Morgan fingerprint density at radius 1 is 1.71 bits per heavy atom. The predicted molar refractivity (Wildman–Crippen MR) is 58.2 cm³/mol. The lowest BCUT2D eigenvalue weighted by Gasteiger charge is -2.15. The largest absolute Gasteiger partial charge is 0.450 e. The van der Waals surface area contributed by atoms with E-state index in [1.54, 1.807) is 22.7 Å². The Balaban J connectivity index is 1.95. The number of ether oxygens (including phenoxy) is 1. The van der Waals surface area contributed by atoms with E-state index in [0.717, 1.165) is 6.42 Å². The zero-order valence-corrected chi connectivity index (χ0v) is 9.74. The lowest BCUT2D eigenvalue weighted by Crippen LogP contribution is -2.29. The van der Waals surface area contributed by atoms with Crippen LogP contribution >= 0.6 is 0 Å². The standard InChI is InChI=1S/C10H16N4O3/c1-2-17-10(16)13-4-3-9(6-13)14-5-8(7-15)11-12-14/h5,9,15H,2-4,6-7H2,1H3. The van der Waals surface area contributed by atoms with E-state index in [4.69, 9.17) is 9.84 Å². The molecule has 1 amide bonds. The van der Waals surface area contributed by atoms with Gasteiger partial charge in [-0.3, -0.25) is 0 Å². The first-order valence-corrected chi connectivity index (χ1v) is 5.68. The van der Waals surface area contributed by atoms with E-state index in [1.807, 2.05) is 0 Å². The molecule has 1 N–H and O–H groups in total. The zero-order valence-electron chi connectivity index (χ0n) is 9.74. The normalized spacial score (nSPS) is 19.6. The van der Waals surface area contributed by atoms with Crippen LogP contribution in [0.1, 0.15) is 25.1 Å². The molecule has 1 unspecified atom stereocenters. The van der Waals surface area contributed by atoms with Gasteiger partial charge in [0.1, 0.15) is 5.69 Å². The molecule has 1 aliphatic heterocycles. The zero-order chi connectivity index (χ0) is 12.3. The number of aromatic nitrogens is 3. The number of aliphatic hydroxyl groups is 1. The Hall–Kier alpha value is -1.63. The van der Waals surface area contributed by atoms with Crippen molar-refractivity contribution in [3.05, 3.63) is 11.9 Å². The molecule has 0 aliphatic carbocycles. The average molecular weight is 240 g/mol. The van der Waals surface area contributed by atoms with E-state index in [0.29, 0.717) is 25.4 Å². The first kappa shape index (κ1) is 11.8. The minimum Gasteiger partial charge on any atom is -0.450 e. The maximum absolute atomic E-state index is 11.5. The molecule has 2 heterocycles. The summed E-state index contributed by atoms with van der Waals surface area (Å²) in [4.78, 5) is 13.2. The van der Waals surface area contributed by atoms with E-state index >= 15 is 0 Å². The fourth-order valence-corrected chi connectivity index (χ4v) is 1.90. The van der Waals surface area contributed by atoms with E-state index in [9.17, 15) is 4.79 Å². The maximum Gasteiger partial charge on any atom is 0.409 e. The molecule has 1 aromatic rings. The van der Waals surface area contributed by atoms with Crippen molar-refractivity contribution in [1.82, 2.24) is 19.9 Å². The number of aliphatic hydroxyl groups excluding tert-OH is 1. The highest BCUT2D eigenvalue weighted by Gasteiger charge is 2.28. The molecule has 0 saturated carbocycles. The molecule has 2 rings (SSSR count). The Morgan fingerprint density at radius 2 is 2.53 bits per heavy atom. The van der Waals surface area contributed by atoms with Gasteiger partial charge in [0.05, 0.1) is 25.5 Å². The summed E-state index contributed by atoms with van der Waals surface area (Å²) < 4.78 is 6.64. The van der Waals surface area contributed by atoms with Crippen molar-refractivity contribution in [2.75, 3.05) is 19.7 Å². The lowest BCUT2D eigenvalue weighted by atomic mass is 10.3. The number of carbonyl (C=O) groups is 1. The molecular formula is C10H16N4O3. The van der Waals surface area contributed by atoms with Crippen molar-refractivity contribution in [3.63, 3.8) is 0 Å². The van der Waals surface area contributed by atoms with Crippen molar-refractivity contribution in [3.8, 4) is 0 Å². The Bertz CT molecular complexity index is 393. The summed E-state index contributed by atoms with van der Waals surface area (Å²) in [6.45, 7) is 3.30. The molecule has 17 heavy (non-hydrogen) atoms. The highest BCUT2D eigenvalue weighted by molar-refractivity contribution is 5.67. The number of hydrogen-bond donors (Lipinski definition) is 1. The molecule has 0 radical (unpaired) electrons. The van der Waals surface area contributed by atoms with Gasteiger partial charge in [-0.15, -0.1) is 5.10 Å². The molecule has 7 heteroatoms. The van der Waals surface area contributed by atoms with Gasteiger partial charge in [-0.1, -0.05) is 5.21 Å². The summed E-state index contributed by atoms with van der Waals surface area (Å²) in [5, 5.41) is 16.7. The number of rotatable bonds is 3. The third-order valence-corrected chi connectivity index (χ3v) is 2.78. The fourth-order valence-electron chi connectivity index (χ4n) is 1.90. The summed E-state index contributed by atoms with van der Waals surface area (Å²) in [5.41, 5.74) is 0.541. The van der Waals surface area contributed by atoms with E-state index in [-0.39, 0.29) is 18.7 Å². The number of carbonyl (C=O) groups excluding carboxylic acids is 1. The van der Waals surface area contributed by atoms with Crippen LogP contribution in [-0.2, 0) is 11.3 Å². The van der Waals surface area contributed by atoms with Gasteiger partial charge in [-0.25, -0.2) is 9.48 Å². The number of hydrogen-bond acceptors (Lipinski definition) is 5. The molecule has 0 bridgehead atoms. The highest BCUT2D eigenvalue weighted by Crippen LogP contribution is 2.21. The van der Waals surface area contributed by atoms with Gasteiger partial charge in [-0.05, 0) is 13.3 Å². The topological polar surface area (TPSA) is 80.5 Å². The summed E-state index contributed by atoms with van der Waals surface area (Å²) in [6, 6.07) is 0.118. The Labute approximate surface area is 99.0 Å². The molecule has 1 atom stereocenters. The molecule has 1 fully saturated rings. The van der Waals surface area contributed by atoms with Crippen LogP contribution in [0.4, 0.5) is 4.79 Å².